The number of alkyl halides is 5. The number of fused-ring (bicyclic) bond motifs is 2. The normalized spacial score (nSPS) is 22.6. The fourth-order valence-corrected chi connectivity index (χ4v) is 6.01. The molecule has 2 N–H and O–H groups in total. The predicted octanol–water partition coefficient (Wildman–Crippen LogP) is 5.36. The Morgan fingerprint density at radius 1 is 1.11 bits per heavy atom. The lowest BCUT2D eigenvalue weighted by molar-refractivity contribution is -0.146. The zero-order valence-corrected chi connectivity index (χ0v) is 19.0. The summed E-state index contributed by atoms with van der Waals surface area (Å²) in [6.45, 7) is 0. The van der Waals surface area contributed by atoms with Gasteiger partial charge in [-0.25, -0.2) is 23.5 Å². The van der Waals surface area contributed by atoms with E-state index in [2.05, 4.69) is 15.3 Å². The second-order valence-electron chi connectivity index (χ2n) is 9.14. The van der Waals surface area contributed by atoms with Crippen LogP contribution in [0.25, 0.3) is 10.4 Å². The Kier molecular flexibility index (Phi) is 5.93. The third-order valence-electron chi connectivity index (χ3n) is 6.87. The van der Waals surface area contributed by atoms with Crippen LogP contribution < -0.4 is 5.32 Å². The van der Waals surface area contributed by atoms with Crippen LogP contribution in [0.3, 0.4) is 0 Å². The van der Waals surface area contributed by atoms with Crippen molar-refractivity contribution in [1.82, 2.24) is 14.9 Å². The highest BCUT2D eigenvalue weighted by molar-refractivity contribution is 7.17. The van der Waals surface area contributed by atoms with Crippen molar-refractivity contribution in [2.24, 2.45) is 5.92 Å². The number of carboxylic acid groups (broad SMARTS) is 1. The number of carbonyl (C=O) groups is 2. The van der Waals surface area contributed by atoms with Gasteiger partial charge < -0.3 is 15.3 Å². The average molecular weight is 516 g/mol. The molecule has 4 heterocycles. The maximum atomic E-state index is 14.1. The minimum Gasteiger partial charge on any atom is -0.476 e. The van der Waals surface area contributed by atoms with Gasteiger partial charge in [0, 0.05) is 29.4 Å². The molecule has 0 unspecified atom stereocenters. The highest BCUT2D eigenvalue weighted by atomic mass is 32.1. The summed E-state index contributed by atoms with van der Waals surface area (Å²) in [7, 11) is 0. The summed E-state index contributed by atoms with van der Waals surface area (Å²) in [6.07, 6.45) is -2.73. The van der Waals surface area contributed by atoms with E-state index in [1.54, 1.807) is 4.90 Å². The first-order valence-electron chi connectivity index (χ1n) is 11.2. The summed E-state index contributed by atoms with van der Waals surface area (Å²) >= 11 is 0.569. The molecule has 2 saturated heterocycles. The number of pyridine rings is 1. The first kappa shape index (κ1) is 23.9. The molecule has 0 radical (unpaired) electrons. The molecule has 2 aromatic heterocycles. The number of thiazole rings is 1. The topological polar surface area (TPSA) is 95.4 Å². The quantitative estimate of drug-likeness (QED) is 0.481. The molecule has 3 aliphatic rings. The van der Waals surface area contributed by atoms with E-state index >= 15 is 0 Å². The van der Waals surface area contributed by atoms with Crippen LogP contribution in [-0.2, 0) is 0 Å². The van der Waals surface area contributed by atoms with E-state index in [1.807, 2.05) is 0 Å². The van der Waals surface area contributed by atoms with E-state index in [9.17, 15) is 36.6 Å². The Balaban J connectivity index is 1.53. The second-order valence-corrected chi connectivity index (χ2v) is 10.1. The number of rotatable bonds is 7. The van der Waals surface area contributed by atoms with Crippen LogP contribution in [0.15, 0.2) is 12.3 Å². The Labute approximate surface area is 200 Å². The molecule has 7 nitrogen and oxygen atoms in total. The van der Waals surface area contributed by atoms with E-state index in [0.717, 1.165) is 37.9 Å². The SMILES string of the molecule is O=C(O)c1nc(C(=O)N2[C@H]3CC[C@H]2CC3)c(-c2cnc(N[C@@H](C3CC3)C(F)(F)F)cc2C(F)F)s1. The van der Waals surface area contributed by atoms with Crippen molar-refractivity contribution >= 4 is 29.0 Å². The highest BCUT2D eigenvalue weighted by Gasteiger charge is 2.49. The van der Waals surface area contributed by atoms with E-state index in [0.29, 0.717) is 24.2 Å². The molecule has 1 atom stereocenters. The number of halogens is 5. The van der Waals surface area contributed by atoms with Crippen molar-refractivity contribution in [3.63, 3.8) is 0 Å². The smallest absolute Gasteiger partial charge is 0.408 e. The third kappa shape index (κ3) is 4.45. The molecule has 3 fully saturated rings. The lowest BCUT2D eigenvalue weighted by atomic mass is 10.0. The number of nitrogens with zero attached hydrogens (tertiary/aromatic N) is 3. The molecule has 188 valence electrons. The molecule has 2 aromatic rings. The lowest BCUT2D eigenvalue weighted by Gasteiger charge is -2.23. The van der Waals surface area contributed by atoms with Gasteiger partial charge in [0.1, 0.15) is 17.6 Å². The minimum absolute atomic E-state index is 0.00340. The van der Waals surface area contributed by atoms with Crippen molar-refractivity contribution < 1.29 is 36.6 Å². The summed E-state index contributed by atoms with van der Waals surface area (Å²) in [5.74, 6) is -2.96. The molecule has 1 aliphatic carbocycles. The van der Waals surface area contributed by atoms with Crippen LogP contribution in [0.1, 0.15) is 70.8 Å². The van der Waals surface area contributed by atoms with Gasteiger partial charge in [-0.3, -0.25) is 4.79 Å². The number of hydrogen-bond acceptors (Lipinski definition) is 6. The number of anilines is 1. The summed E-state index contributed by atoms with van der Waals surface area (Å²) in [5, 5.41) is 11.2. The van der Waals surface area contributed by atoms with Crippen molar-refractivity contribution in [3.8, 4) is 10.4 Å². The van der Waals surface area contributed by atoms with Gasteiger partial charge >= 0.3 is 12.1 Å². The summed E-state index contributed by atoms with van der Waals surface area (Å²) in [4.78, 5) is 34.4. The third-order valence-corrected chi connectivity index (χ3v) is 7.94. The number of hydrogen-bond donors (Lipinski definition) is 2. The highest BCUT2D eigenvalue weighted by Crippen LogP contribution is 2.44. The van der Waals surface area contributed by atoms with E-state index in [-0.39, 0.29) is 34.0 Å². The molecule has 0 aromatic carbocycles. The van der Waals surface area contributed by atoms with E-state index < -0.39 is 47.0 Å². The Morgan fingerprint density at radius 2 is 1.74 bits per heavy atom. The van der Waals surface area contributed by atoms with Gasteiger partial charge in [0.15, 0.2) is 0 Å². The number of aromatic carboxylic acids is 1. The summed E-state index contributed by atoms with van der Waals surface area (Å²) in [6, 6.07) is -1.08. The lowest BCUT2D eigenvalue weighted by Crippen LogP contribution is -2.38. The van der Waals surface area contributed by atoms with Crippen molar-refractivity contribution in [2.75, 3.05) is 5.32 Å². The fourth-order valence-electron chi connectivity index (χ4n) is 5.08. The molecule has 2 aliphatic heterocycles. The molecule has 0 spiro atoms. The van der Waals surface area contributed by atoms with Crippen LogP contribution >= 0.6 is 11.3 Å². The van der Waals surface area contributed by atoms with Gasteiger partial charge in [-0.15, -0.1) is 11.3 Å². The molecule has 35 heavy (non-hydrogen) atoms. The number of carbonyl (C=O) groups excluding carboxylic acids is 1. The van der Waals surface area contributed by atoms with Gasteiger partial charge in [0.2, 0.25) is 5.01 Å². The summed E-state index contributed by atoms with van der Waals surface area (Å²) in [5.41, 5.74) is -1.12. The van der Waals surface area contributed by atoms with Crippen LogP contribution in [0, 0.1) is 5.92 Å². The average Bonchev–Trinajstić information content (AvgIpc) is 3.23. The Morgan fingerprint density at radius 3 is 2.26 bits per heavy atom. The minimum atomic E-state index is -4.57. The van der Waals surface area contributed by atoms with Gasteiger partial charge in [0.25, 0.3) is 12.3 Å². The van der Waals surface area contributed by atoms with Crippen molar-refractivity contribution in [3.05, 3.63) is 28.5 Å². The van der Waals surface area contributed by atoms with Crippen LogP contribution in [0.5, 0.6) is 0 Å². The molecule has 1 amide bonds. The molecule has 5 rings (SSSR count). The number of carboxylic acids is 1. The van der Waals surface area contributed by atoms with Crippen LogP contribution in [0.2, 0.25) is 0 Å². The van der Waals surface area contributed by atoms with E-state index in [1.165, 1.54) is 0 Å². The largest absolute Gasteiger partial charge is 0.476 e. The maximum absolute atomic E-state index is 14.1. The van der Waals surface area contributed by atoms with Gasteiger partial charge in [-0.05, 0) is 50.5 Å². The van der Waals surface area contributed by atoms with Gasteiger partial charge in [0.05, 0.1) is 4.88 Å². The second kappa shape index (κ2) is 8.68. The van der Waals surface area contributed by atoms with Gasteiger partial charge in [-0.2, -0.15) is 13.2 Å². The monoisotopic (exact) mass is 516 g/mol. The Hall–Kier alpha value is -2.83. The molecule has 2 bridgehead atoms. The van der Waals surface area contributed by atoms with Crippen LogP contribution in [-0.4, -0.2) is 56.2 Å². The molecular weight excluding hydrogens is 495 g/mol. The van der Waals surface area contributed by atoms with Crippen molar-refractivity contribution in [1.29, 1.82) is 0 Å². The standard InChI is InChI=1S/C22H21F5N4O3S/c23-18(24)12-7-14(29-17(9-1-2-9)22(25,26)27)28-8-13(12)16-15(30-19(35-16)21(33)34)20(32)31-10-3-4-11(31)6-5-10/h7-11,17-18H,1-6H2,(H,28,29)(H,33,34)/t10-,11-,17-/m0/s1. The number of nitrogens with one attached hydrogen (secondary N) is 1. The first-order chi connectivity index (χ1) is 16.5. The fraction of sp³-hybridized carbons (Fsp3) is 0.545. The number of aromatic nitrogens is 2. The maximum Gasteiger partial charge on any atom is 0.408 e. The van der Waals surface area contributed by atoms with Crippen LogP contribution in [0.4, 0.5) is 27.8 Å². The molecular formula is C22H21F5N4O3S. The number of amides is 1. The first-order valence-corrected chi connectivity index (χ1v) is 12.0. The zero-order valence-electron chi connectivity index (χ0n) is 18.2. The van der Waals surface area contributed by atoms with Gasteiger partial charge in [-0.1, -0.05) is 0 Å². The molecule has 1 saturated carbocycles. The van der Waals surface area contributed by atoms with Crippen molar-refractivity contribution in [2.45, 2.75) is 69.3 Å². The molecule has 13 heteroatoms. The van der Waals surface area contributed by atoms with E-state index in [4.69, 9.17) is 0 Å². The Bertz CT molecular complexity index is 1150. The zero-order chi connectivity index (χ0) is 25.1. The predicted molar refractivity (Wildman–Crippen MR) is 116 cm³/mol. The summed E-state index contributed by atoms with van der Waals surface area (Å²) < 4.78 is 68.3.